The molecule has 0 aliphatic heterocycles. The molecule has 6 heteroatoms. The first-order valence-electron chi connectivity index (χ1n) is 4.44. The van der Waals surface area contributed by atoms with Crippen molar-refractivity contribution in [3.05, 3.63) is 46.1 Å². The van der Waals surface area contributed by atoms with Crippen molar-refractivity contribution in [2.24, 2.45) is 0 Å². The van der Waals surface area contributed by atoms with Gasteiger partial charge >= 0.3 is 5.92 Å². The minimum atomic E-state index is -3.26. The fourth-order valence-corrected chi connectivity index (χ4v) is 1.47. The molecule has 0 saturated carbocycles. The van der Waals surface area contributed by atoms with Gasteiger partial charge in [-0.3, -0.25) is 0 Å². The third kappa shape index (κ3) is 1.97. The maximum Gasteiger partial charge on any atom is 0.349 e. The van der Waals surface area contributed by atoms with Gasteiger partial charge in [-0.2, -0.15) is 8.78 Å². The molecule has 1 aromatic carbocycles. The Morgan fingerprint density at radius 2 is 1.81 bits per heavy atom. The first kappa shape index (κ1) is 11.2. The molecule has 0 radical (unpaired) electrons. The van der Waals surface area contributed by atoms with Gasteiger partial charge in [-0.15, -0.1) is 10.2 Å². The maximum atomic E-state index is 13.8. The predicted octanol–water partition coefficient (Wildman–Crippen LogP) is 3.28. The monoisotopic (exact) mass is 288 g/mol. The molecule has 0 unspecified atom stereocenters. The maximum absolute atomic E-state index is 13.8. The Morgan fingerprint density at radius 1 is 1.19 bits per heavy atom. The van der Waals surface area contributed by atoms with E-state index in [1.54, 1.807) is 0 Å². The third-order valence-corrected chi connectivity index (χ3v) is 2.53. The quantitative estimate of drug-likeness (QED) is 0.851. The lowest BCUT2D eigenvalue weighted by Crippen LogP contribution is -2.15. The average molecular weight is 289 g/mol. The van der Waals surface area contributed by atoms with Crippen LogP contribution < -0.4 is 0 Å². The van der Waals surface area contributed by atoms with Gasteiger partial charge < -0.3 is 4.42 Å². The van der Waals surface area contributed by atoms with Crippen LogP contribution in [0, 0.1) is 6.92 Å². The zero-order valence-electron chi connectivity index (χ0n) is 8.25. The Kier molecular flexibility index (Phi) is 2.75. The number of hydrogen-bond donors (Lipinski definition) is 0. The van der Waals surface area contributed by atoms with E-state index in [2.05, 4.69) is 26.1 Å². The molecule has 0 amide bonds. The van der Waals surface area contributed by atoms with Crippen LogP contribution in [0.15, 0.2) is 33.2 Å². The topological polar surface area (TPSA) is 38.9 Å². The summed E-state index contributed by atoms with van der Waals surface area (Å²) in [5.74, 6) is -3.83. The van der Waals surface area contributed by atoms with Crippen LogP contribution in [0.25, 0.3) is 0 Å². The van der Waals surface area contributed by atoms with Gasteiger partial charge in [0, 0.05) is 17.0 Å². The second-order valence-corrected chi connectivity index (χ2v) is 4.12. The fraction of sp³-hybridized carbons (Fsp3) is 0.200. The first-order chi connectivity index (χ1) is 7.50. The summed E-state index contributed by atoms with van der Waals surface area (Å²) in [5.41, 5.74) is -0.181. The van der Waals surface area contributed by atoms with Gasteiger partial charge in [-0.1, -0.05) is 28.1 Å². The number of halogens is 3. The number of hydrogen-bond acceptors (Lipinski definition) is 3. The molecule has 0 aliphatic carbocycles. The highest BCUT2D eigenvalue weighted by atomic mass is 79.9. The van der Waals surface area contributed by atoms with Crippen molar-refractivity contribution in [3.8, 4) is 0 Å². The molecular formula is C10H7BrF2N2O. The number of alkyl halides is 2. The summed E-state index contributed by atoms with van der Waals surface area (Å²) in [4.78, 5) is 0. The largest absolute Gasteiger partial charge is 0.420 e. The molecule has 0 bridgehead atoms. The Bertz CT molecular complexity index is 496. The van der Waals surface area contributed by atoms with Crippen molar-refractivity contribution < 1.29 is 13.2 Å². The summed E-state index contributed by atoms with van der Waals surface area (Å²) < 4.78 is 33.1. The van der Waals surface area contributed by atoms with E-state index in [9.17, 15) is 8.78 Å². The van der Waals surface area contributed by atoms with E-state index in [0.717, 1.165) is 4.47 Å². The van der Waals surface area contributed by atoms with Crippen molar-refractivity contribution in [3.63, 3.8) is 0 Å². The molecule has 0 N–H and O–H groups in total. The highest BCUT2D eigenvalue weighted by molar-refractivity contribution is 9.10. The van der Waals surface area contributed by atoms with Crippen LogP contribution in [0.5, 0.6) is 0 Å². The van der Waals surface area contributed by atoms with Gasteiger partial charge in [0.05, 0.1) is 0 Å². The highest BCUT2D eigenvalue weighted by Crippen LogP contribution is 2.34. The van der Waals surface area contributed by atoms with Crippen LogP contribution >= 0.6 is 15.9 Å². The zero-order chi connectivity index (χ0) is 11.8. The van der Waals surface area contributed by atoms with E-state index in [1.165, 1.54) is 31.2 Å². The number of rotatable bonds is 2. The van der Waals surface area contributed by atoms with Crippen molar-refractivity contribution in [2.75, 3.05) is 0 Å². The SMILES string of the molecule is Cc1nnc(C(F)(F)c2ccc(Br)cc2)o1. The third-order valence-electron chi connectivity index (χ3n) is 2.00. The second kappa shape index (κ2) is 3.93. The van der Waals surface area contributed by atoms with E-state index in [1.807, 2.05) is 0 Å². The first-order valence-corrected chi connectivity index (χ1v) is 5.24. The highest BCUT2D eigenvalue weighted by Gasteiger charge is 2.40. The van der Waals surface area contributed by atoms with E-state index in [-0.39, 0.29) is 11.5 Å². The van der Waals surface area contributed by atoms with Gasteiger partial charge in [0.2, 0.25) is 5.89 Å². The summed E-state index contributed by atoms with van der Waals surface area (Å²) in [6, 6.07) is 5.69. The minimum absolute atomic E-state index is 0.117. The summed E-state index contributed by atoms with van der Waals surface area (Å²) >= 11 is 3.18. The van der Waals surface area contributed by atoms with E-state index >= 15 is 0 Å². The van der Waals surface area contributed by atoms with Crippen LogP contribution in [0.2, 0.25) is 0 Å². The van der Waals surface area contributed by atoms with Crippen molar-refractivity contribution >= 4 is 15.9 Å². The van der Waals surface area contributed by atoms with Crippen LogP contribution in [0.1, 0.15) is 17.3 Å². The molecule has 2 rings (SSSR count). The van der Waals surface area contributed by atoms with Crippen LogP contribution in [-0.4, -0.2) is 10.2 Å². The lowest BCUT2D eigenvalue weighted by molar-refractivity contribution is 0.0123. The van der Waals surface area contributed by atoms with Gasteiger partial charge in [-0.05, 0) is 12.1 Å². The lowest BCUT2D eigenvalue weighted by Gasteiger charge is -2.11. The van der Waals surface area contributed by atoms with Crippen molar-refractivity contribution in [1.29, 1.82) is 0 Å². The van der Waals surface area contributed by atoms with Crippen LogP contribution in [0.3, 0.4) is 0 Å². The molecule has 2 aromatic rings. The summed E-state index contributed by atoms with van der Waals surface area (Å²) in [6.07, 6.45) is 0. The Hall–Kier alpha value is -1.30. The summed E-state index contributed by atoms with van der Waals surface area (Å²) in [6.45, 7) is 1.47. The average Bonchev–Trinajstić information content (AvgIpc) is 2.66. The van der Waals surface area contributed by atoms with Gasteiger partial charge in [0.15, 0.2) is 0 Å². The Labute approximate surface area is 98.6 Å². The molecular weight excluding hydrogens is 282 g/mol. The van der Waals surface area contributed by atoms with Crippen molar-refractivity contribution in [2.45, 2.75) is 12.8 Å². The number of nitrogens with zero attached hydrogens (tertiary/aromatic N) is 2. The molecule has 1 heterocycles. The smallest absolute Gasteiger partial charge is 0.349 e. The zero-order valence-corrected chi connectivity index (χ0v) is 9.83. The lowest BCUT2D eigenvalue weighted by atomic mass is 10.1. The molecule has 0 spiro atoms. The van der Waals surface area contributed by atoms with Crippen molar-refractivity contribution in [1.82, 2.24) is 10.2 Å². The van der Waals surface area contributed by atoms with Gasteiger partial charge in [-0.25, -0.2) is 0 Å². The molecule has 1 aromatic heterocycles. The Morgan fingerprint density at radius 3 is 2.31 bits per heavy atom. The predicted molar refractivity (Wildman–Crippen MR) is 56.2 cm³/mol. The standard InChI is InChI=1S/C10H7BrF2N2O/c1-6-14-15-9(16-6)10(12,13)7-2-4-8(11)5-3-7/h2-5H,1H3. The minimum Gasteiger partial charge on any atom is -0.420 e. The summed E-state index contributed by atoms with van der Waals surface area (Å²) in [7, 11) is 0. The fourth-order valence-electron chi connectivity index (χ4n) is 1.21. The number of aromatic nitrogens is 2. The van der Waals surface area contributed by atoms with Gasteiger partial charge in [0.1, 0.15) is 0 Å². The van der Waals surface area contributed by atoms with Gasteiger partial charge in [0.25, 0.3) is 5.89 Å². The van der Waals surface area contributed by atoms with Crippen LogP contribution in [-0.2, 0) is 5.92 Å². The van der Waals surface area contributed by atoms with E-state index in [0.29, 0.717) is 0 Å². The normalized spacial score (nSPS) is 11.8. The molecule has 16 heavy (non-hydrogen) atoms. The summed E-state index contributed by atoms with van der Waals surface area (Å²) in [5, 5.41) is 6.73. The molecule has 0 atom stereocenters. The second-order valence-electron chi connectivity index (χ2n) is 3.21. The van der Waals surface area contributed by atoms with E-state index < -0.39 is 11.8 Å². The molecule has 0 fully saturated rings. The van der Waals surface area contributed by atoms with Crippen LogP contribution in [0.4, 0.5) is 8.78 Å². The van der Waals surface area contributed by atoms with E-state index in [4.69, 9.17) is 4.42 Å². The Balaban J connectivity index is 2.42. The molecule has 84 valence electrons. The molecule has 0 aliphatic rings. The number of aryl methyl sites for hydroxylation is 1. The number of benzene rings is 1. The molecule has 0 saturated heterocycles. The molecule has 3 nitrogen and oxygen atoms in total.